The van der Waals surface area contributed by atoms with Gasteiger partial charge in [-0.1, -0.05) is 75.3 Å². The largest absolute Gasteiger partial charge is 0.338 e. The minimum atomic E-state index is -0.397. The SMILES string of the molecule is C#CC1(Nc2ncc3cc(C(C)c4ccccc4)c(=O)n(C4CCCC4)c3n2)CCCCC1. The maximum absolute atomic E-state index is 13.9. The van der Waals surface area contributed by atoms with Crippen LogP contribution in [-0.2, 0) is 0 Å². The van der Waals surface area contributed by atoms with Crippen LogP contribution in [0.25, 0.3) is 11.0 Å². The number of pyridine rings is 1. The number of anilines is 1. The quantitative estimate of drug-likeness (QED) is 0.509. The molecule has 2 heterocycles. The van der Waals surface area contributed by atoms with Crippen LogP contribution in [0.15, 0.2) is 47.4 Å². The Labute approximate surface area is 195 Å². The number of hydrogen-bond acceptors (Lipinski definition) is 4. The van der Waals surface area contributed by atoms with Crippen LogP contribution in [0, 0.1) is 12.3 Å². The zero-order valence-electron chi connectivity index (χ0n) is 19.4. The first kappa shape index (κ1) is 21.7. The van der Waals surface area contributed by atoms with Gasteiger partial charge in [0, 0.05) is 29.1 Å². The van der Waals surface area contributed by atoms with E-state index in [1.54, 1.807) is 0 Å². The average molecular weight is 441 g/mol. The Balaban J connectivity index is 1.62. The molecule has 1 N–H and O–H groups in total. The second-order valence-corrected chi connectivity index (χ2v) is 9.73. The third kappa shape index (κ3) is 4.15. The van der Waals surface area contributed by atoms with Gasteiger partial charge < -0.3 is 5.32 Å². The fourth-order valence-corrected chi connectivity index (χ4v) is 5.61. The zero-order valence-corrected chi connectivity index (χ0v) is 19.4. The minimum absolute atomic E-state index is 0.000466. The third-order valence-electron chi connectivity index (χ3n) is 7.59. The number of fused-ring (bicyclic) bond motifs is 1. The van der Waals surface area contributed by atoms with E-state index in [4.69, 9.17) is 11.4 Å². The first-order valence-electron chi connectivity index (χ1n) is 12.3. The van der Waals surface area contributed by atoms with Crippen molar-refractivity contribution in [2.75, 3.05) is 5.32 Å². The maximum Gasteiger partial charge on any atom is 0.256 e. The highest BCUT2D eigenvalue weighted by atomic mass is 16.1. The minimum Gasteiger partial charge on any atom is -0.338 e. The van der Waals surface area contributed by atoms with E-state index in [2.05, 4.69) is 35.3 Å². The fourth-order valence-electron chi connectivity index (χ4n) is 5.61. The summed E-state index contributed by atoms with van der Waals surface area (Å²) in [6.45, 7) is 2.10. The summed E-state index contributed by atoms with van der Waals surface area (Å²) in [6, 6.07) is 12.4. The van der Waals surface area contributed by atoms with Crippen LogP contribution in [0.5, 0.6) is 0 Å². The number of nitrogens with zero attached hydrogens (tertiary/aromatic N) is 3. The smallest absolute Gasteiger partial charge is 0.256 e. The van der Waals surface area contributed by atoms with Gasteiger partial charge in [0.1, 0.15) is 11.2 Å². The number of nitrogens with one attached hydrogen (secondary N) is 1. The van der Waals surface area contributed by atoms with E-state index >= 15 is 0 Å². The first-order chi connectivity index (χ1) is 16.1. The molecule has 5 rings (SSSR count). The molecule has 0 bridgehead atoms. The first-order valence-corrected chi connectivity index (χ1v) is 12.3. The molecule has 170 valence electrons. The standard InChI is InChI=1S/C28H32N4O/c1-3-28(16-10-5-11-17-28)31-27-29-19-22-18-24(20(2)21-12-6-4-7-13-21)26(33)32(25(22)30-27)23-14-8-9-15-23/h1,4,6-7,12-13,18-20,23H,5,8-11,14-17H2,2H3,(H,29,30,31). The van der Waals surface area contributed by atoms with E-state index in [1.807, 2.05) is 35.0 Å². The molecule has 5 nitrogen and oxygen atoms in total. The summed E-state index contributed by atoms with van der Waals surface area (Å²) in [7, 11) is 0. The van der Waals surface area contributed by atoms with E-state index in [0.29, 0.717) is 5.95 Å². The summed E-state index contributed by atoms with van der Waals surface area (Å²) < 4.78 is 1.95. The number of terminal acetylenes is 1. The van der Waals surface area contributed by atoms with Crippen LogP contribution in [0.2, 0.25) is 0 Å². The van der Waals surface area contributed by atoms with Gasteiger partial charge in [-0.25, -0.2) is 4.98 Å². The number of aromatic nitrogens is 3. The van der Waals surface area contributed by atoms with Crippen molar-refractivity contribution in [1.82, 2.24) is 14.5 Å². The predicted octanol–water partition coefficient (Wildman–Crippen LogP) is 5.81. The lowest BCUT2D eigenvalue weighted by atomic mass is 9.82. The molecule has 2 aliphatic carbocycles. The zero-order chi connectivity index (χ0) is 22.8. The Morgan fingerprint density at radius 2 is 1.85 bits per heavy atom. The highest BCUT2D eigenvalue weighted by Crippen LogP contribution is 2.34. The number of benzene rings is 1. The van der Waals surface area contributed by atoms with Gasteiger partial charge in [0.2, 0.25) is 5.95 Å². The van der Waals surface area contributed by atoms with E-state index < -0.39 is 5.54 Å². The van der Waals surface area contributed by atoms with E-state index in [1.165, 1.54) is 6.42 Å². The molecular formula is C28H32N4O. The van der Waals surface area contributed by atoms with Crippen molar-refractivity contribution in [2.24, 2.45) is 0 Å². The van der Waals surface area contributed by atoms with Crippen LogP contribution in [0.4, 0.5) is 5.95 Å². The van der Waals surface area contributed by atoms with Crippen LogP contribution < -0.4 is 10.9 Å². The molecule has 3 aromatic rings. The van der Waals surface area contributed by atoms with Crippen molar-refractivity contribution in [3.05, 3.63) is 64.1 Å². The van der Waals surface area contributed by atoms with E-state index in [0.717, 1.165) is 73.5 Å². The topological polar surface area (TPSA) is 59.8 Å². The second kappa shape index (κ2) is 9.02. The molecule has 0 radical (unpaired) electrons. The van der Waals surface area contributed by atoms with Gasteiger partial charge in [0.05, 0.1) is 0 Å². The molecule has 0 aliphatic heterocycles. The molecule has 2 aliphatic rings. The maximum atomic E-state index is 13.9. The molecule has 5 heteroatoms. The Morgan fingerprint density at radius 1 is 1.12 bits per heavy atom. The van der Waals surface area contributed by atoms with Gasteiger partial charge in [0.15, 0.2) is 0 Å². The van der Waals surface area contributed by atoms with Crippen molar-refractivity contribution in [2.45, 2.75) is 82.2 Å². The highest BCUT2D eigenvalue weighted by molar-refractivity contribution is 5.76. The molecule has 2 fully saturated rings. The molecule has 0 saturated heterocycles. The average Bonchev–Trinajstić information content (AvgIpc) is 3.39. The van der Waals surface area contributed by atoms with Crippen molar-refractivity contribution in [3.8, 4) is 12.3 Å². The van der Waals surface area contributed by atoms with Gasteiger partial charge in [-0.15, -0.1) is 6.42 Å². The van der Waals surface area contributed by atoms with Gasteiger partial charge in [0.25, 0.3) is 5.56 Å². The molecule has 1 unspecified atom stereocenters. The predicted molar refractivity (Wildman–Crippen MR) is 134 cm³/mol. The van der Waals surface area contributed by atoms with Crippen molar-refractivity contribution < 1.29 is 0 Å². The second-order valence-electron chi connectivity index (χ2n) is 9.73. The Hall–Kier alpha value is -3.13. The van der Waals surface area contributed by atoms with Crippen molar-refractivity contribution >= 4 is 17.0 Å². The Bertz CT molecular complexity index is 1230. The highest BCUT2D eigenvalue weighted by Gasteiger charge is 2.31. The summed E-state index contributed by atoms with van der Waals surface area (Å²) in [5, 5.41) is 4.37. The molecule has 0 spiro atoms. The molecular weight excluding hydrogens is 408 g/mol. The van der Waals surface area contributed by atoms with Gasteiger partial charge in [-0.05, 0) is 37.3 Å². The van der Waals surface area contributed by atoms with Crippen molar-refractivity contribution in [3.63, 3.8) is 0 Å². The van der Waals surface area contributed by atoms with Crippen LogP contribution in [0.1, 0.15) is 87.8 Å². The molecule has 2 aromatic heterocycles. The van der Waals surface area contributed by atoms with Crippen LogP contribution in [-0.4, -0.2) is 20.1 Å². The van der Waals surface area contributed by atoms with Crippen molar-refractivity contribution in [1.29, 1.82) is 0 Å². The lowest BCUT2D eigenvalue weighted by molar-refractivity contribution is 0.394. The summed E-state index contributed by atoms with van der Waals surface area (Å²) >= 11 is 0. The van der Waals surface area contributed by atoms with Gasteiger partial charge in [-0.2, -0.15) is 4.98 Å². The van der Waals surface area contributed by atoms with Crippen LogP contribution in [0.3, 0.4) is 0 Å². The van der Waals surface area contributed by atoms with Gasteiger partial charge >= 0.3 is 0 Å². The normalized spacial score (nSPS) is 19.3. The molecule has 1 atom stereocenters. The molecule has 33 heavy (non-hydrogen) atoms. The molecule has 1 aromatic carbocycles. The fraction of sp³-hybridized carbons (Fsp3) is 0.464. The van der Waals surface area contributed by atoms with Crippen LogP contribution >= 0.6 is 0 Å². The Kier molecular flexibility index (Phi) is 5.93. The summed E-state index contributed by atoms with van der Waals surface area (Å²) in [5.74, 6) is 3.50. The van der Waals surface area contributed by atoms with E-state index in [-0.39, 0.29) is 17.5 Å². The lowest BCUT2D eigenvalue weighted by Gasteiger charge is -2.33. The summed E-state index contributed by atoms with van der Waals surface area (Å²) in [4.78, 5) is 23.4. The molecule has 2 saturated carbocycles. The summed E-state index contributed by atoms with van der Waals surface area (Å²) in [6.07, 6.45) is 17.4. The lowest BCUT2D eigenvalue weighted by Crippen LogP contribution is -2.39. The van der Waals surface area contributed by atoms with E-state index in [9.17, 15) is 4.79 Å². The Morgan fingerprint density at radius 3 is 2.55 bits per heavy atom. The monoisotopic (exact) mass is 440 g/mol. The number of hydrogen-bond donors (Lipinski definition) is 1. The third-order valence-corrected chi connectivity index (χ3v) is 7.59. The molecule has 0 amide bonds. The summed E-state index contributed by atoms with van der Waals surface area (Å²) in [5.41, 5.74) is 2.33. The van der Waals surface area contributed by atoms with Gasteiger partial charge in [-0.3, -0.25) is 9.36 Å². The number of rotatable bonds is 5.